The lowest BCUT2D eigenvalue weighted by Crippen LogP contribution is -2.49. The molecular formula is C21H30N4O2. The van der Waals surface area contributed by atoms with E-state index in [4.69, 9.17) is 0 Å². The summed E-state index contributed by atoms with van der Waals surface area (Å²) in [5, 5.41) is 6.45. The summed E-state index contributed by atoms with van der Waals surface area (Å²) in [6.45, 7) is 6.12. The first-order valence-electron chi connectivity index (χ1n) is 10.3. The Balaban J connectivity index is 1.42. The van der Waals surface area contributed by atoms with Crippen LogP contribution in [0.5, 0.6) is 0 Å². The standard InChI is InChI=1S/C21H30N4O2/c1-2-16-5-7-17(8-6-16)18-15-22-11-12-24(18)13-14-25-19(26)21(23-20(25)27)9-3-4-10-21/h5-8,18,22H,2-4,9-15H2,1H3,(H,23,27). The normalized spacial score (nSPS) is 25.4. The number of carbonyl (C=O) groups is 2. The molecule has 2 saturated heterocycles. The van der Waals surface area contributed by atoms with Crippen molar-refractivity contribution in [3.05, 3.63) is 35.4 Å². The van der Waals surface area contributed by atoms with Gasteiger partial charge in [-0.05, 0) is 30.4 Å². The summed E-state index contributed by atoms with van der Waals surface area (Å²) in [5.41, 5.74) is 2.04. The first-order valence-corrected chi connectivity index (χ1v) is 10.3. The number of carbonyl (C=O) groups excluding carboxylic acids is 2. The summed E-state index contributed by atoms with van der Waals surface area (Å²) >= 11 is 0. The number of nitrogens with zero attached hydrogens (tertiary/aromatic N) is 2. The Morgan fingerprint density at radius 3 is 2.56 bits per heavy atom. The number of piperazine rings is 1. The molecule has 0 aromatic heterocycles. The minimum absolute atomic E-state index is 0.0102. The number of hydrogen-bond donors (Lipinski definition) is 2. The summed E-state index contributed by atoms with van der Waals surface area (Å²) in [6, 6.07) is 8.90. The number of benzene rings is 1. The highest BCUT2D eigenvalue weighted by molar-refractivity contribution is 6.07. The Labute approximate surface area is 161 Å². The topological polar surface area (TPSA) is 64.7 Å². The molecule has 3 fully saturated rings. The summed E-state index contributed by atoms with van der Waals surface area (Å²) in [4.78, 5) is 29.1. The van der Waals surface area contributed by atoms with Crippen LogP contribution >= 0.6 is 0 Å². The molecule has 1 spiro atoms. The van der Waals surface area contributed by atoms with Crippen molar-refractivity contribution in [3.63, 3.8) is 0 Å². The van der Waals surface area contributed by atoms with E-state index in [0.717, 1.165) is 58.3 Å². The average molecular weight is 370 g/mol. The number of nitrogens with one attached hydrogen (secondary N) is 2. The van der Waals surface area contributed by atoms with E-state index in [-0.39, 0.29) is 18.0 Å². The fraction of sp³-hybridized carbons (Fsp3) is 0.619. The largest absolute Gasteiger partial charge is 0.325 e. The molecule has 4 rings (SSSR count). The predicted molar refractivity (Wildman–Crippen MR) is 104 cm³/mol. The van der Waals surface area contributed by atoms with Gasteiger partial charge in [0, 0.05) is 38.8 Å². The fourth-order valence-electron chi connectivity index (χ4n) is 4.74. The van der Waals surface area contributed by atoms with Crippen molar-refractivity contribution in [3.8, 4) is 0 Å². The van der Waals surface area contributed by atoms with Crippen molar-refractivity contribution in [1.29, 1.82) is 0 Å². The molecule has 1 aliphatic carbocycles. The van der Waals surface area contributed by atoms with Crippen LogP contribution in [0.25, 0.3) is 0 Å². The van der Waals surface area contributed by atoms with Gasteiger partial charge in [0.2, 0.25) is 0 Å². The number of rotatable bonds is 5. The van der Waals surface area contributed by atoms with Crippen molar-refractivity contribution in [2.45, 2.75) is 50.6 Å². The van der Waals surface area contributed by atoms with Gasteiger partial charge in [0.1, 0.15) is 5.54 Å². The second-order valence-corrected chi connectivity index (χ2v) is 8.03. The minimum Gasteiger partial charge on any atom is -0.323 e. The summed E-state index contributed by atoms with van der Waals surface area (Å²) in [6.07, 6.45) is 4.66. The maximum absolute atomic E-state index is 12.8. The number of urea groups is 1. The molecule has 6 nitrogen and oxygen atoms in total. The summed E-state index contributed by atoms with van der Waals surface area (Å²) in [5.74, 6) is -0.0102. The molecule has 2 heterocycles. The van der Waals surface area contributed by atoms with Gasteiger partial charge < -0.3 is 10.6 Å². The smallest absolute Gasteiger partial charge is 0.323 e. The fourth-order valence-corrected chi connectivity index (χ4v) is 4.74. The van der Waals surface area contributed by atoms with Crippen LogP contribution in [0.3, 0.4) is 0 Å². The number of imide groups is 1. The van der Waals surface area contributed by atoms with Crippen LogP contribution in [0.1, 0.15) is 49.8 Å². The Morgan fingerprint density at radius 2 is 1.85 bits per heavy atom. The summed E-state index contributed by atoms with van der Waals surface area (Å²) < 4.78 is 0. The van der Waals surface area contributed by atoms with Crippen LogP contribution in [-0.2, 0) is 11.2 Å². The van der Waals surface area contributed by atoms with Crippen molar-refractivity contribution < 1.29 is 9.59 Å². The van der Waals surface area contributed by atoms with E-state index < -0.39 is 5.54 Å². The van der Waals surface area contributed by atoms with Crippen LogP contribution in [0.4, 0.5) is 4.79 Å². The maximum atomic E-state index is 12.8. The molecule has 0 bridgehead atoms. The molecule has 0 radical (unpaired) electrons. The first kappa shape index (κ1) is 18.4. The third kappa shape index (κ3) is 3.48. The number of hydrogen-bond acceptors (Lipinski definition) is 4. The lowest BCUT2D eigenvalue weighted by Gasteiger charge is -2.37. The van der Waals surface area contributed by atoms with Gasteiger partial charge >= 0.3 is 6.03 Å². The van der Waals surface area contributed by atoms with Gasteiger partial charge in [-0.15, -0.1) is 0 Å². The average Bonchev–Trinajstić information content (AvgIpc) is 3.26. The van der Waals surface area contributed by atoms with E-state index in [2.05, 4.69) is 46.7 Å². The van der Waals surface area contributed by atoms with Crippen LogP contribution in [0, 0.1) is 0 Å². The molecule has 1 saturated carbocycles. The molecule has 1 atom stereocenters. The lowest BCUT2D eigenvalue weighted by molar-refractivity contribution is -0.131. The molecule has 146 valence electrons. The third-order valence-corrected chi connectivity index (χ3v) is 6.44. The summed E-state index contributed by atoms with van der Waals surface area (Å²) in [7, 11) is 0. The van der Waals surface area contributed by atoms with Crippen molar-refractivity contribution >= 4 is 11.9 Å². The minimum atomic E-state index is -0.601. The quantitative estimate of drug-likeness (QED) is 0.779. The highest BCUT2D eigenvalue weighted by atomic mass is 16.2. The van der Waals surface area contributed by atoms with Crippen molar-refractivity contribution in [2.24, 2.45) is 0 Å². The highest BCUT2D eigenvalue weighted by Gasteiger charge is 2.52. The second-order valence-electron chi connectivity index (χ2n) is 8.03. The molecular weight excluding hydrogens is 340 g/mol. The third-order valence-electron chi connectivity index (χ3n) is 6.44. The van der Waals surface area contributed by atoms with Gasteiger partial charge in [0.25, 0.3) is 5.91 Å². The Bertz CT molecular complexity index is 697. The van der Waals surface area contributed by atoms with E-state index in [0.29, 0.717) is 6.54 Å². The van der Waals surface area contributed by atoms with Gasteiger partial charge in [-0.25, -0.2) is 4.79 Å². The van der Waals surface area contributed by atoms with E-state index in [9.17, 15) is 9.59 Å². The maximum Gasteiger partial charge on any atom is 0.325 e. The van der Waals surface area contributed by atoms with Crippen LogP contribution in [-0.4, -0.2) is 60.0 Å². The monoisotopic (exact) mass is 370 g/mol. The molecule has 3 amide bonds. The highest BCUT2D eigenvalue weighted by Crippen LogP contribution is 2.35. The molecule has 2 aliphatic heterocycles. The van der Waals surface area contributed by atoms with Gasteiger partial charge in [-0.1, -0.05) is 44.0 Å². The lowest BCUT2D eigenvalue weighted by atomic mass is 9.98. The Morgan fingerprint density at radius 1 is 1.11 bits per heavy atom. The zero-order valence-corrected chi connectivity index (χ0v) is 16.2. The van der Waals surface area contributed by atoms with Gasteiger partial charge in [-0.2, -0.15) is 0 Å². The number of aryl methyl sites for hydroxylation is 1. The molecule has 6 heteroatoms. The second kappa shape index (κ2) is 7.60. The Hall–Kier alpha value is -1.92. The zero-order chi connectivity index (χ0) is 18.9. The number of amides is 3. The van der Waals surface area contributed by atoms with E-state index in [1.54, 1.807) is 0 Å². The molecule has 27 heavy (non-hydrogen) atoms. The molecule has 3 aliphatic rings. The SMILES string of the molecule is CCc1ccc(C2CNCCN2CCN2C(=O)NC3(CCCC3)C2=O)cc1. The van der Waals surface area contributed by atoms with Gasteiger partial charge in [0.15, 0.2) is 0 Å². The Kier molecular flexibility index (Phi) is 5.19. The van der Waals surface area contributed by atoms with E-state index in [1.807, 2.05) is 0 Å². The molecule has 1 unspecified atom stereocenters. The van der Waals surface area contributed by atoms with Gasteiger partial charge in [0.05, 0.1) is 0 Å². The van der Waals surface area contributed by atoms with Crippen LogP contribution < -0.4 is 10.6 Å². The first-order chi connectivity index (χ1) is 13.1. The molecule has 2 N–H and O–H groups in total. The van der Waals surface area contributed by atoms with Crippen molar-refractivity contribution in [1.82, 2.24) is 20.4 Å². The molecule has 1 aromatic carbocycles. The van der Waals surface area contributed by atoms with Crippen LogP contribution in [0.15, 0.2) is 24.3 Å². The zero-order valence-electron chi connectivity index (χ0n) is 16.2. The van der Waals surface area contributed by atoms with E-state index >= 15 is 0 Å². The van der Waals surface area contributed by atoms with Crippen LogP contribution in [0.2, 0.25) is 0 Å². The van der Waals surface area contributed by atoms with Crippen molar-refractivity contribution in [2.75, 3.05) is 32.7 Å². The van der Waals surface area contributed by atoms with E-state index in [1.165, 1.54) is 16.0 Å². The predicted octanol–water partition coefficient (Wildman–Crippen LogP) is 2.06. The molecule has 1 aromatic rings. The van der Waals surface area contributed by atoms with Gasteiger partial charge in [-0.3, -0.25) is 14.6 Å².